The summed E-state index contributed by atoms with van der Waals surface area (Å²) >= 11 is 0. The van der Waals surface area contributed by atoms with Crippen molar-refractivity contribution in [1.82, 2.24) is 5.32 Å². The van der Waals surface area contributed by atoms with Crippen LogP contribution in [0.15, 0.2) is 42.5 Å². The lowest BCUT2D eigenvalue weighted by Crippen LogP contribution is -2.58. The number of amides is 2. The first-order valence-electron chi connectivity index (χ1n) is 9.82. The summed E-state index contributed by atoms with van der Waals surface area (Å²) in [4.78, 5) is 38.1. The second-order valence-corrected chi connectivity index (χ2v) is 7.68. The molecule has 0 bridgehead atoms. The third-order valence-electron chi connectivity index (χ3n) is 5.90. The van der Waals surface area contributed by atoms with Gasteiger partial charge >= 0.3 is 5.97 Å². The Morgan fingerprint density at radius 1 is 1.00 bits per heavy atom. The van der Waals surface area contributed by atoms with Gasteiger partial charge in [0, 0.05) is 29.6 Å². The predicted octanol–water partition coefficient (Wildman–Crippen LogP) is 2.56. The van der Waals surface area contributed by atoms with E-state index in [2.05, 4.69) is 5.32 Å². The monoisotopic (exact) mass is 410 g/mol. The first-order valence-corrected chi connectivity index (χ1v) is 9.82. The Labute approximate surface area is 172 Å². The van der Waals surface area contributed by atoms with Gasteiger partial charge in [-0.2, -0.15) is 0 Å². The second kappa shape index (κ2) is 7.70. The lowest BCUT2D eigenvalue weighted by atomic mass is 9.68. The van der Waals surface area contributed by atoms with Crippen molar-refractivity contribution in [1.29, 1.82) is 0 Å². The number of carbonyl (C=O) groups excluding carboxylic acids is 2. The van der Waals surface area contributed by atoms with Crippen molar-refractivity contribution >= 4 is 23.5 Å². The molecule has 8 nitrogen and oxygen atoms in total. The second-order valence-electron chi connectivity index (χ2n) is 7.68. The van der Waals surface area contributed by atoms with Gasteiger partial charge < -0.3 is 25.5 Å². The molecule has 1 heterocycles. The Balaban J connectivity index is 1.65. The molecule has 0 aromatic heterocycles. The van der Waals surface area contributed by atoms with Gasteiger partial charge in [-0.3, -0.25) is 14.4 Å². The number of aromatic hydroxyl groups is 2. The number of hydrogen-bond donors (Lipinski definition) is 4. The van der Waals surface area contributed by atoms with Crippen molar-refractivity contribution in [3.05, 3.63) is 53.6 Å². The van der Waals surface area contributed by atoms with Gasteiger partial charge in [0.05, 0.1) is 12.5 Å². The van der Waals surface area contributed by atoms with E-state index in [1.807, 2.05) is 24.3 Å². The summed E-state index contributed by atoms with van der Waals surface area (Å²) < 4.78 is 0. The lowest BCUT2D eigenvalue weighted by molar-refractivity contribution is -0.139. The van der Waals surface area contributed by atoms with Gasteiger partial charge in [-0.1, -0.05) is 18.2 Å². The summed E-state index contributed by atoms with van der Waals surface area (Å²) in [5, 5.41) is 31.1. The molecule has 4 rings (SSSR count). The number of fused-ring (bicyclic) bond motifs is 2. The fourth-order valence-electron chi connectivity index (χ4n) is 4.30. The van der Waals surface area contributed by atoms with Gasteiger partial charge in [0.25, 0.3) is 5.91 Å². The molecule has 3 atom stereocenters. The molecule has 0 saturated heterocycles. The number of carboxylic acid groups (broad SMARTS) is 1. The molecule has 1 aliphatic heterocycles. The minimum Gasteiger partial charge on any atom is -0.504 e. The van der Waals surface area contributed by atoms with E-state index < -0.39 is 5.97 Å². The molecule has 156 valence electrons. The largest absolute Gasteiger partial charge is 0.504 e. The zero-order chi connectivity index (χ0) is 21.4. The maximum Gasteiger partial charge on any atom is 0.303 e. The van der Waals surface area contributed by atoms with Crippen LogP contribution in [0.4, 0.5) is 5.69 Å². The number of phenols is 2. The number of aliphatic carboxylic acids is 1. The molecular weight excluding hydrogens is 388 g/mol. The zero-order valence-electron chi connectivity index (χ0n) is 16.1. The van der Waals surface area contributed by atoms with Crippen LogP contribution in [-0.4, -0.2) is 39.1 Å². The predicted molar refractivity (Wildman–Crippen MR) is 107 cm³/mol. The highest BCUT2D eigenvalue weighted by Gasteiger charge is 2.49. The molecule has 1 saturated carbocycles. The average molecular weight is 410 g/mol. The average Bonchev–Trinajstić information content (AvgIpc) is 2.70. The maximum atomic E-state index is 13.3. The third kappa shape index (κ3) is 3.45. The van der Waals surface area contributed by atoms with Crippen LogP contribution >= 0.6 is 0 Å². The molecule has 2 aliphatic rings. The number of carbonyl (C=O) groups is 3. The van der Waals surface area contributed by atoms with Gasteiger partial charge in [-0.25, -0.2) is 0 Å². The minimum absolute atomic E-state index is 0.0170. The Morgan fingerprint density at radius 3 is 2.43 bits per heavy atom. The van der Waals surface area contributed by atoms with Crippen molar-refractivity contribution in [2.75, 3.05) is 4.90 Å². The number of hydrogen-bond acceptors (Lipinski definition) is 5. The highest BCUT2D eigenvalue weighted by Crippen LogP contribution is 2.50. The lowest BCUT2D eigenvalue weighted by Gasteiger charge is -2.52. The first kappa shape index (κ1) is 19.8. The number of phenolic OH excluding ortho intramolecular Hbond substituents is 2. The summed E-state index contributed by atoms with van der Waals surface area (Å²) in [7, 11) is 0. The van der Waals surface area contributed by atoms with Crippen LogP contribution in [0.3, 0.4) is 0 Å². The molecule has 30 heavy (non-hydrogen) atoms. The van der Waals surface area contributed by atoms with Gasteiger partial charge in [0.15, 0.2) is 11.5 Å². The van der Waals surface area contributed by atoms with Gasteiger partial charge in [-0.15, -0.1) is 0 Å². The van der Waals surface area contributed by atoms with Crippen molar-refractivity contribution in [3.8, 4) is 11.5 Å². The standard InChI is InChI=1S/C22H22N2O6/c25-17-8-5-12(11-18(17)26)22(30)24-15-4-2-1-3-13(15)21(14-6-7-16(14)24)23-19(27)9-10-20(28)29/h1-5,8,11,14,16,21,25-26H,6-7,9-10H2,(H,23,27)(H,28,29). The Hall–Kier alpha value is -3.55. The Bertz CT molecular complexity index is 1020. The normalized spacial score (nSPS) is 21.7. The van der Waals surface area contributed by atoms with E-state index in [-0.39, 0.29) is 59.7 Å². The summed E-state index contributed by atoms with van der Waals surface area (Å²) in [5.74, 6) is -2.28. The molecular formula is C22H22N2O6. The number of benzene rings is 2. The Morgan fingerprint density at radius 2 is 1.77 bits per heavy atom. The topological polar surface area (TPSA) is 127 Å². The molecule has 0 radical (unpaired) electrons. The van der Waals surface area contributed by atoms with Gasteiger partial charge in [0.2, 0.25) is 5.91 Å². The van der Waals surface area contributed by atoms with Crippen molar-refractivity contribution in [2.45, 2.75) is 37.8 Å². The van der Waals surface area contributed by atoms with Gasteiger partial charge in [0.1, 0.15) is 0 Å². The molecule has 1 fully saturated rings. The zero-order valence-corrected chi connectivity index (χ0v) is 16.1. The molecule has 8 heteroatoms. The summed E-state index contributed by atoms with van der Waals surface area (Å²) in [5.41, 5.74) is 1.74. The summed E-state index contributed by atoms with van der Waals surface area (Å²) in [6.45, 7) is 0. The van der Waals surface area contributed by atoms with E-state index in [4.69, 9.17) is 5.11 Å². The number of para-hydroxylation sites is 1. The fraction of sp³-hybridized carbons (Fsp3) is 0.318. The summed E-state index contributed by atoms with van der Waals surface area (Å²) in [6.07, 6.45) is 1.27. The fourth-order valence-corrected chi connectivity index (χ4v) is 4.30. The first-order chi connectivity index (χ1) is 14.4. The molecule has 2 aromatic rings. The molecule has 3 unspecified atom stereocenters. The summed E-state index contributed by atoms with van der Waals surface area (Å²) in [6, 6.07) is 10.9. The van der Waals surface area contributed by atoms with Crippen LogP contribution in [0.5, 0.6) is 11.5 Å². The highest BCUT2D eigenvalue weighted by molar-refractivity contribution is 6.08. The number of nitrogens with zero attached hydrogens (tertiary/aromatic N) is 1. The van der Waals surface area contributed by atoms with Crippen molar-refractivity contribution < 1.29 is 29.7 Å². The molecule has 4 N–H and O–H groups in total. The number of anilines is 1. The third-order valence-corrected chi connectivity index (χ3v) is 5.90. The molecule has 2 aromatic carbocycles. The molecule has 1 aliphatic carbocycles. The van der Waals surface area contributed by atoms with Crippen molar-refractivity contribution in [3.63, 3.8) is 0 Å². The maximum absolute atomic E-state index is 13.3. The van der Waals surface area contributed by atoms with E-state index >= 15 is 0 Å². The minimum atomic E-state index is -1.02. The van der Waals surface area contributed by atoms with E-state index in [1.165, 1.54) is 18.2 Å². The van der Waals surface area contributed by atoms with Crippen LogP contribution in [0.25, 0.3) is 0 Å². The van der Waals surface area contributed by atoms with Crippen LogP contribution < -0.4 is 10.2 Å². The van der Waals surface area contributed by atoms with Crippen LogP contribution in [0.1, 0.15) is 47.6 Å². The van der Waals surface area contributed by atoms with E-state index in [1.54, 1.807) is 4.90 Å². The van der Waals surface area contributed by atoms with E-state index in [0.29, 0.717) is 5.69 Å². The SMILES string of the molecule is O=C(O)CCC(=O)NC1c2ccccc2N(C(=O)c2ccc(O)c(O)c2)C2CCC12. The van der Waals surface area contributed by atoms with Crippen LogP contribution in [0, 0.1) is 5.92 Å². The Kier molecular flexibility index (Phi) is 5.07. The van der Waals surface area contributed by atoms with Gasteiger partial charge in [-0.05, 0) is 42.7 Å². The molecule has 2 amide bonds. The number of nitrogens with one attached hydrogen (secondary N) is 1. The number of carboxylic acids is 1. The van der Waals surface area contributed by atoms with Crippen LogP contribution in [0.2, 0.25) is 0 Å². The number of rotatable bonds is 5. The highest BCUT2D eigenvalue weighted by atomic mass is 16.4. The molecule has 0 spiro atoms. The quantitative estimate of drug-likeness (QED) is 0.561. The van der Waals surface area contributed by atoms with E-state index in [9.17, 15) is 24.6 Å². The smallest absolute Gasteiger partial charge is 0.303 e. The van der Waals surface area contributed by atoms with Crippen molar-refractivity contribution in [2.24, 2.45) is 5.92 Å². The van der Waals surface area contributed by atoms with E-state index in [0.717, 1.165) is 18.4 Å². The van der Waals surface area contributed by atoms with Crippen LogP contribution in [-0.2, 0) is 9.59 Å².